The minimum Gasteiger partial charge on any atom is -0.497 e. The number of nitrogens with one attached hydrogen (secondary N) is 2. The van der Waals surface area contributed by atoms with Gasteiger partial charge in [-0.2, -0.15) is 0 Å². The van der Waals surface area contributed by atoms with E-state index in [-0.39, 0.29) is 11.6 Å². The maximum absolute atomic E-state index is 12.2. The van der Waals surface area contributed by atoms with Crippen LogP contribution in [0.25, 0.3) is 0 Å². The predicted octanol–water partition coefficient (Wildman–Crippen LogP) is 2.55. The van der Waals surface area contributed by atoms with E-state index < -0.39 is 0 Å². The fraction of sp³-hybridized carbons (Fsp3) is 0.111. The Morgan fingerprint density at radius 2 is 1.88 bits per heavy atom. The van der Waals surface area contributed by atoms with Crippen molar-refractivity contribution in [2.75, 3.05) is 12.4 Å². The normalized spacial score (nSPS) is 10.1. The maximum Gasteiger partial charge on any atom is 0.270 e. The Balaban J connectivity index is 1.64. The van der Waals surface area contributed by atoms with E-state index in [2.05, 4.69) is 25.6 Å². The van der Waals surface area contributed by atoms with E-state index in [4.69, 9.17) is 4.74 Å². The molecule has 2 N–H and O–H groups in total. The van der Waals surface area contributed by atoms with Crippen molar-refractivity contribution in [2.24, 2.45) is 0 Å². The van der Waals surface area contributed by atoms with Gasteiger partial charge in [0, 0.05) is 18.1 Å². The Bertz CT molecular complexity index is 838. The summed E-state index contributed by atoms with van der Waals surface area (Å²) in [7, 11) is 1.61. The number of carbonyl (C=O) groups is 1. The number of benzene rings is 1. The maximum atomic E-state index is 12.2. The molecule has 3 rings (SSSR count). The Morgan fingerprint density at radius 3 is 2.60 bits per heavy atom. The summed E-state index contributed by atoms with van der Waals surface area (Å²) in [6.07, 6.45) is 3.22. The number of methoxy groups -OCH3 is 1. The zero-order valence-corrected chi connectivity index (χ0v) is 13.6. The molecule has 0 atom stereocenters. The molecule has 0 radical (unpaired) electrons. The molecule has 0 spiro atoms. The number of carbonyl (C=O) groups excluding carboxylic acids is 1. The van der Waals surface area contributed by atoms with Gasteiger partial charge < -0.3 is 15.4 Å². The molecule has 126 valence electrons. The third-order valence-corrected chi connectivity index (χ3v) is 3.39. The molecule has 3 aromatic rings. The number of aromatic nitrogens is 3. The van der Waals surface area contributed by atoms with Crippen molar-refractivity contribution < 1.29 is 9.53 Å². The molecule has 1 aromatic carbocycles. The third-order valence-electron chi connectivity index (χ3n) is 3.39. The molecular formula is C18H17N5O2. The minimum absolute atomic E-state index is 0.280. The highest BCUT2D eigenvalue weighted by atomic mass is 16.5. The summed E-state index contributed by atoms with van der Waals surface area (Å²) in [6.45, 7) is 0.338. The quantitative estimate of drug-likeness (QED) is 0.720. The van der Waals surface area contributed by atoms with Crippen molar-refractivity contribution in [3.05, 3.63) is 72.3 Å². The summed E-state index contributed by atoms with van der Waals surface area (Å²) < 4.78 is 5.12. The lowest BCUT2D eigenvalue weighted by molar-refractivity contribution is 0.0945. The van der Waals surface area contributed by atoms with Crippen LogP contribution in [0.15, 0.2) is 60.9 Å². The fourth-order valence-corrected chi connectivity index (χ4v) is 2.11. The lowest BCUT2D eigenvalue weighted by Crippen LogP contribution is -2.24. The van der Waals surface area contributed by atoms with Crippen molar-refractivity contribution in [3.63, 3.8) is 0 Å². The highest BCUT2D eigenvalue weighted by Gasteiger charge is 2.09. The van der Waals surface area contributed by atoms with Crippen molar-refractivity contribution in [3.8, 4) is 5.75 Å². The molecule has 0 aliphatic heterocycles. The number of pyridine rings is 1. The summed E-state index contributed by atoms with van der Waals surface area (Å²) in [5.41, 5.74) is 1.86. The predicted molar refractivity (Wildman–Crippen MR) is 93.7 cm³/mol. The third kappa shape index (κ3) is 4.51. The SMILES string of the molecule is COc1ccc(Nc2nccc(C(=O)NCc3ccccn3)n2)cc1. The first kappa shape index (κ1) is 16.4. The molecule has 0 saturated heterocycles. The number of hydrogen-bond acceptors (Lipinski definition) is 6. The summed E-state index contributed by atoms with van der Waals surface area (Å²) in [4.78, 5) is 24.8. The van der Waals surface area contributed by atoms with Crippen molar-refractivity contribution in [2.45, 2.75) is 6.54 Å². The molecule has 25 heavy (non-hydrogen) atoms. The highest BCUT2D eigenvalue weighted by molar-refractivity contribution is 5.92. The van der Waals surface area contributed by atoms with Crippen LogP contribution in [0.2, 0.25) is 0 Å². The summed E-state index contributed by atoms with van der Waals surface area (Å²) in [5, 5.41) is 5.84. The van der Waals surface area contributed by atoms with Crippen molar-refractivity contribution in [1.29, 1.82) is 0 Å². The Hall–Kier alpha value is -3.48. The van der Waals surface area contributed by atoms with E-state index >= 15 is 0 Å². The second kappa shape index (κ2) is 7.87. The zero-order valence-electron chi connectivity index (χ0n) is 13.6. The lowest BCUT2D eigenvalue weighted by atomic mass is 10.3. The van der Waals surface area contributed by atoms with Crippen LogP contribution >= 0.6 is 0 Å². The number of ether oxygens (including phenoxy) is 1. The first-order chi connectivity index (χ1) is 12.2. The molecule has 2 heterocycles. The Kier molecular flexibility index (Phi) is 5.16. The van der Waals surface area contributed by atoms with Gasteiger partial charge in [0.15, 0.2) is 0 Å². The first-order valence-corrected chi connectivity index (χ1v) is 7.67. The average Bonchev–Trinajstić information content (AvgIpc) is 2.68. The number of nitrogens with zero attached hydrogens (tertiary/aromatic N) is 3. The van der Waals surface area contributed by atoms with Gasteiger partial charge in [0.2, 0.25) is 5.95 Å². The van der Waals surface area contributed by atoms with Crippen LogP contribution in [-0.2, 0) is 6.54 Å². The van der Waals surface area contributed by atoms with Crippen molar-refractivity contribution in [1.82, 2.24) is 20.3 Å². The van der Waals surface area contributed by atoms with Gasteiger partial charge in [0.1, 0.15) is 11.4 Å². The molecule has 0 unspecified atom stereocenters. The second-order valence-electron chi connectivity index (χ2n) is 5.12. The summed E-state index contributed by atoms with van der Waals surface area (Å²) in [6, 6.07) is 14.4. The summed E-state index contributed by atoms with van der Waals surface area (Å²) >= 11 is 0. The molecule has 7 nitrogen and oxygen atoms in total. The van der Waals surface area contributed by atoms with Crippen LogP contribution in [-0.4, -0.2) is 28.0 Å². The number of hydrogen-bond donors (Lipinski definition) is 2. The lowest BCUT2D eigenvalue weighted by Gasteiger charge is -2.08. The molecule has 0 aliphatic carbocycles. The van der Waals surface area contributed by atoms with E-state index in [1.54, 1.807) is 19.4 Å². The average molecular weight is 335 g/mol. The van der Waals surface area contributed by atoms with E-state index in [1.165, 1.54) is 6.20 Å². The van der Waals surface area contributed by atoms with E-state index in [1.807, 2.05) is 42.5 Å². The molecule has 0 aliphatic rings. The zero-order chi connectivity index (χ0) is 17.5. The molecular weight excluding hydrogens is 318 g/mol. The van der Waals surface area contributed by atoms with Crippen LogP contribution in [0.5, 0.6) is 5.75 Å². The molecule has 0 saturated carbocycles. The Labute approximate surface area is 145 Å². The smallest absolute Gasteiger partial charge is 0.270 e. The second-order valence-corrected chi connectivity index (χ2v) is 5.12. The highest BCUT2D eigenvalue weighted by Crippen LogP contribution is 2.17. The van der Waals surface area contributed by atoms with Gasteiger partial charge in [-0.3, -0.25) is 9.78 Å². The topological polar surface area (TPSA) is 89.0 Å². The largest absolute Gasteiger partial charge is 0.497 e. The van der Waals surface area contributed by atoms with Gasteiger partial charge in [0.25, 0.3) is 5.91 Å². The van der Waals surface area contributed by atoms with Gasteiger partial charge in [-0.05, 0) is 42.5 Å². The van der Waals surface area contributed by atoms with Crippen LogP contribution < -0.4 is 15.4 Å². The number of rotatable bonds is 6. The standard InChI is InChI=1S/C18H17N5O2/c1-25-15-7-5-13(6-8-15)22-18-20-11-9-16(23-18)17(24)21-12-14-4-2-3-10-19-14/h2-11H,12H2,1H3,(H,21,24)(H,20,22,23). The molecule has 7 heteroatoms. The number of amides is 1. The minimum atomic E-state index is -0.286. The molecule has 0 bridgehead atoms. The van der Waals surface area contributed by atoms with E-state index in [9.17, 15) is 4.79 Å². The monoisotopic (exact) mass is 335 g/mol. The molecule has 2 aromatic heterocycles. The van der Waals surface area contributed by atoms with Gasteiger partial charge in [-0.15, -0.1) is 0 Å². The van der Waals surface area contributed by atoms with Crippen LogP contribution in [0.4, 0.5) is 11.6 Å². The van der Waals surface area contributed by atoms with Crippen LogP contribution in [0.1, 0.15) is 16.2 Å². The van der Waals surface area contributed by atoms with E-state index in [0.29, 0.717) is 12.5 Å². The summed E-state index contributed by atoms with van der Waals surface area (Å²) in [5.74, 6) is 0.815. The van der Waals surface area contributed by atoms with Gasteiger partial charge >= 0.3 is 0 Å². The van der Waals surface area contributed by atoms with Crippen molar-refractivity contribution >= 4 is 17.5 Å². The molecule has 0 fully saturated rings. The van der Waals surface area contributed by atoms with Crippen LogP contribution in [0.3, 0.4) is 0 Å². The fourth-order valence-electron chi connectivity index (χ4n) is 2.11. The van der Waals surface area contributed by atoms with Gasteiger partial charge in [-0.25, -0.2) is 9.97 Å². The Morgan fingerprint density at radius 1 is 1.04 bits per heavy atom. The van der Waals surface area contributed by atoms with Crippen LogP contribution in [0, 0.1) is 0 Å². The number of anilines is 2. The van der Waals surface area contributed by atoms with E-state index in [0.717, 1.165) is 17.1 Å². The molecule has 1 amide bonds. The van der Waals surface area contributed by atoms with Gasteiger partial charge in [-0.1, -0.05) is 6.07 Å². The van der Waals surface area contributed by atoms with Gasteiger partial charge in [0.05, 0.1) is 19.3 Å². The first-order valence-electron chi connectivity index (χ1n) is 7.67.